The first-order valence-corrected chi connectivity index (χ1v) is 9.57. The number of nitrogens with zero attached hydrogens (tertiary/aromatic N) is 3. The molecule has 0 spiro atoms. The van der Waals surface area contributed by atoms with Gasteiger partial charge in [-0.25, -0.2) is 9.37 Å². The third kappa shape index (κ3) is 3.89. The van der Waals surface area contributed by atoms with E-state index in [-0.39, 0.29) is 12.5 Å². The number of hydrogen-bond donors (Lipinski definition) is 2. The molecule has 28 heavy (non-hydrogen) atoms. The monoisotopic (exact) mass is 381 g/mol. The predicted molar refractivity (Wildman–Crippen MR) is 106 cm³/mol. The molecule has 0 radical (unpaired) electrons. The summed E-state index contributed by atoms with van der Waals surface area (Å²) in [6.07, 6.45) is 5.84. The summed E-state index contributed by atoms with van der Waals surface area (Å²) in [5, 5.41) is 3.98. The molecule has 3 aromatic heterocycles. The van der Waals surface area contributed by atoms with Crippen LogP contribution in [0.25, 0.3) is 11.0 Å². The summed E-state index contributed by atoms with van der Waals surface area (Å²) in [7, 11) is 0. The maximum absolute atomic E-state index is 15.1. The molecule has 0 aromatic carbocycles. The number of carbonyl (C=O) groups is 1. The lowest BCUT2D eigenvalue weighted by Gasteiger charge is -2.36. The van der Waals surface area contributed by atoms with Crippen LogP contribution in [0.1, 0.15) is 34.5 Å². The van der Waals surface area contributed by atoms with E-state index in [9.17, 15) is 4.79 Å². The Bertz CT molecular complexity index is 960. The Labute approximate surface area is 163 Å². The van der Waals surface area contributed by atoms with Crippen molar-refractivity contribution in [2.45, 2.75) is 32.0 Å². The Morgan fingerprint density at radius 3 is 2.86 bits per heavy atom. The molecule has 3 aromatic rings. The third-order valence-electron chi connectivity index (χ3n) is 5.35. The summed E-state index contributed by atoms with van der Waals surface area (Å²) in [5.74, 6) is -0.0712. The number of hydrogen-bond acceptors (Lipinski definition) is 4. The number of likely N-dealkylation sites (tertiary alicyclic amines) is 1. The third-order valence-corrected chi connectivity index (χ3v) is 5.35. The first-order valence-electron chi connectivity index (χ1n) is 9.57. The van der Waals surface area contributed by atoms with Crippen LogP contribution in [0, 0.1) is 6.92 Å². The van der Waals surface area contributed by atoms with E-state index in [0.717, 1.165) is 16.6 Å². The molecule has 146 valence electrons. The number of halogens is 1. The zero-order valence-corrected chi connectivity index (χ0v) is 15.9. The van der Waals surface area contributed by atoms with Crippen molar-refractivity contribution in [2.24, 2.45) is 0 Å². The van der Waals surface area contributed by atoms with Gasteiger partial charge in [-0.15, -0.1) is 0 Å². The summed E-state index contributed by atoms with van der Waals surface area (Å²) in [6.45, 7) is 3.61. The quantitative estimate of drug-likeness (QED) is 0.713. The number of aryl methyl sites for hydroxylation is 1. The lowest BCUT2D eigenvalue weighted by molar-refractivity contribution is 0.0436. The fraction of sp³-hybridized carbons (Fsp3) is 0.381. The highest BCUT2D eigenvalue weighted by Gasteiger charge is 2.36. The van der Waals surface area contributed by atoms with Crippen LogP contribution in [0.5, 0.6) is 0 Å². The molecule has 6 nitrogen and oxygen atoms in total. The van der Waals surface area contributed by atoms with E-state index in [2.05, 4.69) is 20.3 Å². The normalized spacial score (nSPS) is 16.4. The zero-order valence-electron chi connectivity index (χ0n) is 15.9. The second-order valence-electron chi connectivity index (χ2n) is 7.48. The van der Waals surface area contributed by atoms with E-state index >= 15 is 4.39 Å². The summed E-state index contributed by atoms with van der Waals surface area (Å²) in [6, 6.07) is 7.63. The molecular formula is C21H24FN5O. The second-order valence-corrected chi connectivity index (χ2v) is 7.48. The summed E-state index contributed by atoms with van der Waals surface area (Å²) in [4.78, 5) is 26.1. The van der Waals surface area contributed by atoms with Crippen molar-refractivity contribution in [2.75, 3.05) is 19.6 Å². The Morgan fingerprint density at radius 2 is 2.11 bits per heavy atom. The number of piperidine rings is 1. The number of pyridine rings is 2. The lowest BCUT2D eigenvalue weighted by atomic mass is 9.92. The van der Waals surface area contributed by atoms with Crippen molar-refractivity contribution in [1.29, 1.82) is 0 Å². The number of rotatable bonds is 5. The van der Waals surface area contributed by atoms with E-state index in [1.54, 1.807) is 17.3 Å². The summed E-state index contributed by atoms with van der Waals surface area (Å²) < 4.78 is 15.1. The summed E-state index contributed by atoms with van der Waals surface area (Å²) >= 11 is 0. The molecule has 1 saturated heterocycles. The highest BCUT2D eigenvalue weighted by atomic mass is 19.1. The van der Waals surface area contributed by atoms with E-state index < -0.39 is 5.67 Å². The van der Waals surface area contributed by atoms with Gasteiger partial charge in [-0.3, -0.25) is 9.78 Å². The molecule has 4 heterocycles. The van der Waals surface area contributed by atoms with Gasteiger partial charge in [0.25, 0.3) is 5.91 Å². The number of aromatic amines is 1. The van der Waals surface area contributed by atoms with Gasteiger partial charge >= 0.3 is 0 Å². The molecule has 1 aliphatic rings. The van der Waals surface area contributed by atoms with Gasteiger partial charge < -0.3 is 15.2 Å². The van der Waals surface area contributed by atoms with Gasteiger partial charge in [-0.1, -0.05) is 6.07 Å². The van der Waals surface area contributed by atoms with Crippen LogP contribution in [0.4, 0.5) is 4.39 Å². The largest absolute Gasteiger partial charge is 0.345 e. The van der Waals surface area contributed by atoms with Crippen molar-refractivity contribution < 1.29 is 9.18 Å². The number of fused-ring (bicyclic) bond motifs is 1. The van der Waals surface area contributed by atoms with Crippen molar-refractivity contribution in [3.05, 3.63) is 59.7 Å². The molecule has 4 rings (SSSR count). The topological polar surface area (TPSA) is 73.9 Å². The van der Waals surface area contributed by atoms with Gasteiger partial charge in [-0.2, -0.15) is 0 Å². The van der Waals surface area contributed by atoms with Crippen molar-refractivity contribution in [3.8, 4) is 0 Å². The minimum absolute atomic E-state index is 0.0712. The van der Waals surface area contributed by atoms with Crippen LogP contribution < -0.4 is 5.32 Å². The fourth-order valence-corrected chi connectivity index (χ4v) is 3.61. The Morgan fingerprint density at radius 1 is 1.29 bits per heavy atom. The standard InChI is InChI=1S/C21H24FN5O/c1-15-4-5-16(25-11-15)12-23-14-21(22)6-9-27(10-7-21)20(28)18-13-26-19-17(18)3-2-8-24-19/h2-5,8,11,13,23H,6-7,9-10,12,14H2,1H3,(H,24,26). The van der Waals surface area contributed by atoms with E-state index in [0.29, 0.717) is 43.7 Å². The molecule has 0 bridgehead atoms. The Balaban J connectivity index is 1.32. The van der Waals surface area contributed by atoms with Crippen molar-refractivity contribution in [1.82, 2.24) is 25.2 Å². The highest BCUT2D eigenvalue weighted by molar-refractivity contribution is 6.05. The van der Waals surface area contributed by atoms with Gasteiger partial charge in [0.15, 0.2) is 0 Å². The van der Waals surface area contributed by atoms with Gasteiger partial charge in [0.2, 0.25) is 0 Å². The molecule has 1 aliphatic heterocycles. The number of nitrogens with one attached hydrogen (secondary N) is 2. The van der Waals surface area contributed by atoms with Gasteiger partial charge in [0.1, 0.15) is 11.3 Å². The average Bonchev–Trinajstić information content (AvgIpc) is 3.14. The lowest BCUT2D eigenvalue weighted by Crippen LogP contribution is -2.48. The molecule has 1 amide bonds. The van der Waals surface area contributed by atoms with E-state index in [1.165, 1.54) is 0 Å². The smallest absolute Gasteiger partial charge is 0.256 e. The first-order chi connectivity index (χ1) is 13.5. The SMILES string of the molecule is Cc1ccc(CNCC2(F)CCN(C(=O)c3c[nH]c4ncccc34)CC2)nc1. The zero-order chi connectivity index (χ0) is 19.6. The average molecular weight is 381 g/mol. The first kappa shape index (κ1) is 18.6. The maximum Gasteiger partial charge on any atom is 0.256 e. The van der Waals surface area contributed by atoms with Crippen LogP contribution in [0.15, 0.2) is 42.9 Å². The minimum Gasteiger partial charge on any atom is -0.345 e. The Hall–Kier alpha value is -2.80. The number of alkyl halides is 1. The van der Waals surface area contributed by atoms with Gasteiger partial charge in [-0.05, 0) is 30.7 Å². The molecule has 1 fully saturated rings. The molecule has 0 aliphatic carbocycles. The van der Waals surface area contributed by atoms with Gasteiger partial charge in [0, 0.05) is 63.0 Å². The number of amides is 1. The molecular weight excluding hydrogens is 357 g/mol. The Kier molecular flexibility index (Phi) is 5.09. The van der Waals surface area contributed by atoms with Crippen LogP contribution in [0.3, 0.4) is 0 Å². The van der Waals surface area contributed by atoms with Gasteiger partial charge in [0.05, 0.1) is 11.3 Å². The molecule has 0 atom stereocenters. The highest BCUT2D eigenvalue weighted by Crippen LogP contribution is 2.28. The fourth-order valence-electron chi connectivity index (χ4n) is 3.61. The molecule has 0 saturated carbocycles. The van der Waals surface area contributed by atoms with Crippen LogP contribution in [-0.4, -0.2) is 51.1 Å². The predicted octanol–water partition coefficient (Wildman–Crippen LogP) is 3.00. The van der Waals surface area contributed by atoms with Crippen LogP contribution in [-0.2, 0) is 6.54 Å². The maximum atomic E-state index is 15.1. The molecule has 0 unspecified atom stereocenters. The summed E-state index contributed by atoms with van der Waals surface area (Å²) in [5.41, 5.74) is 1.99. The number of carbonyl (C=O) groups excluding carboxylic acids is 1. The second kappa shape index (κ2) is 7.67. The number of aromatic nitrogens is 3. The van der Waals surface area contributed by atoms with Crippen molar-refractivity contribution >= 4 is 16.9 Å². The molecule has 2 N–H and O–H groups in total. The van der Waals surface area contributed by atoms with E-state index in [1.807, 2.05) is 37.4 Å². The van der Waals surface area contributed by atoms with E-state index in [4.69, 9.17) is 0 Å². The molecule has 7 heteroatoms. The van der Waals surface area contributed by atoms with Crippen LogP contribution >= 0.6 is 0 Å². The minimum atomic E-state index is -1.30. The number of H-pyrrole nitrogens is 1. The van der Waals surface area contributed by atoms with Crippen molar-refractivity contribution in [3.63, 3.8) is 0 Å². The van der Waals surface area contributed by atoms with Crippen LogP contribution in [0.2, 0.25) is 0 Å².